The second kappa shape index (κ2) is 8.56. The molecule has 1 atom stereocenters. The van der Waals surface area contributed by atoms with Crippen LogP contribution in [0.5, 0.6) is 0 Å². The average Bonchev–Trinajstić information content (AvgIpc) is 3.60. The quantitative estimate of drug-likeness (QED) is 0.370. The summed E-state index contributed by atoms with van der Waals surface area (Å²) in [6.07, 6.45) is 5.80. The van der Waals surface area contributed by atoms with E-state index in [9.17, 15) is 0 Å². The molecular weight excluding hydrogens is 450 g/mol. The summed E-state index contributed by atoms with van der Waals surface area (Å²) in [5, 5.41) is 15.7. The Morgan fingerprint density at radius 1 is 1.27 bits per heavy atom. The van der Waals surface area contributed by atoms with Gasteiger partial charge < -0.3 is 10.6 Å². The fraction of sp³-hybridized carbons (Fsp3) is 0.250. The molecule has 1 aromatic carbocycles. The van der Waals surface area contributed by atoms with Crippen molar-refractivity contribution in [3.8, 4) is 11.8 Å². The molecule has 1 saturated heterocycles. The zero-order valence-corrected chi connectivity index (χ0v) is 19.6. The fourth-order valence-corrected chi connectivity index (χ4v) is 5.55. The number of thiophene rings is 1. The minimum atomic E-state index is 0.297. The summed E-state index contributed by atoms with van der Waals surface area (Å²) in [7, 11) is 0. The third kappa shape index (κ3) is 4.20. The molecule has 5 heterocycles. The van der Waals surface area contributed by atoms with Crippen LogP contribution in [0.15, 0.2) is 42.2 Å². The van der Waals surface area contributed by atoms with Crippen LogP contribution in [0.4, 0.5) is 11.5 Å². The van der Waals surface area contributed by atoms with Crippen molar-refractivity contribution in [1.82, 2.24) is 30.0 Å². The van der Waals surface area contributed by atoms with Gasteiger partial charge in [0.05, 0.1) is 50.1 Å². The molecule has 2 N–H and O–H groups in total. The lowest BCUT2D eigenvalue weighted by Gasteiger charge is -2.07. The number of nitrogens with one attached hydrogen (secondary N) is 2. The van der Waals surface area contributed by atoms with E-state index in [4.69, 9.17) is 0 Å². The number of aromatic nitrogens is 5. The lowest BCUT2D eigenvalue weighted by Crippen LogP contribution is -2.18. The van der Waals surface area contributed by atoms with E-state index in [0.717, 1.165) is 61.2 Å². The van der Waals surface area contributed by atoms with Crippen molar-refractivity contribution in [2.75, 3.05) is 11.9 Å². The first-order valence-electron chi connectivity index (χ1n) is 10.8. The highest BCUT2D eigenvalue weighted by Crippen LogP contribution is 2.31. The van der Waals surface area contributed by atoms with Crippen LogP contribution in [0.2, 0.25) is 0 Å². The van der Waals surface area contributed by atoms with Crippen LogP contribution in [-0.4, -0.2) is 37.3 Å². The van der Waals surface area contributed by atoms with Gasteiger partial charge in [0.25, 0.3) is 0 Å². The summed E-state index contributed by atoms with van der Waals surface area (Å²) in [4.78, 5) is 14.5. The monoisotopic (exact) mass is 471 g/mol. The van der Waals surface area contributed by atoms with Crippen molar-refractivity contribution in [2.24, 2.45) is 0 Å². The molecule has 0 saturated carbocycles. The maximum Gasteiger partial charge on any atom is 0.151 e. The van der Waals surface area contributed by atoms with Crippen LogP contribution in [0.3, 0.4) is 0 Å². The first kappa shape index (κ1) is 20.3. The van der Waals surface area contributed by atoms with Crippen molar-refractivity contribution >= 4 is 55.3 Å². The lowest BCUT2D eigenvalue weighted by atomic mass is 10.2. The van der Waals surface area contributed by atoms with Gasteiger partial charge in [-0.3, -0.25) is 4.68 Å². The topological polar surface area (TPSA) is 80.6 Å². The fourth-order valence-electron chi connectivity index (χ4n) is 4.03. The van der Waals surface area contributed by atoms with Gasteiger partial charge in [-0.25, -0.2) is 15.0 Å². The highest BCUT2D eigenvalue weighted by Gasteiger charge is 2.12. The zero-order chi connectivity index (χ0) is 22.2. The summed E-state index contributed by atoms with van der Waals surface area (Å²) in [6.45, 7) is 3.75. The van der Waals surface area contributed by atoms with E-state index in [2.05, 4.69) is 66.1 Å². The van der Waals surface area contributed by atoms with E-state index >= 15 is 0 Å². The van der Waals surface area contributed by atoms with Gasteiger partial charge in [-0.1, -0.05) is 11.8 Å². The van der Waals surface area contributed by atoms with E-state index in [1.54, 1.807) is 29.0 Å². The Bertz CT molecular complexity index is 1510. The summed E-state index contributed by atoms with van der Waals surface area (Å²) in [6, 6.07) is 8.58. The average molecular weight is 472 g/mol. The van der Waals surface area contributed by atoms with Crippen LogP contribution < -0.4 is 10.6 Å². The number of thiazole rings is 1. The van der Waals surface area contributed by atoms with Crippen molar-refractivity contribution in [2.45, 2.75) is 32.4 Å². The predicted octanol–water partition coefficient (Wildman–Crippen LogP) is 4.70. The van der Waals surface area contributed by atoms with E-state index in [1.165, 1.54) is 6.42 Å². The van der Waals surface area contributed by atoms with Gasteiger partial charge in [0.2, 0.25) is 0 Å². The van der Waals surface area contributed by atoms with Crippen molar-refractivity contribution in [1.29, 1.82) is 0 Å². The molecule has 0 amide bonds. The molecule has 0 bridgehead atoms. The maximum atomic E-state index is 4.56. The lowest BCUT2D eigenvalue weighted by molar-refractivity contribution is 0.699. The van der Waals surface area contributed by atoms with Crippen molar-refractivity contribution < 1.29 is 0 Å². The number of hydrogen-bond acceptors (Lipinski definition) is 8. The minimum Gasteiger partial charge on any atom is -0.339 e. The highest BCUT2D eigenvalue weighted by atomic mass is 32.1. The summed E-state index contributed by atoms with van der Waals surface area (Å²) < 4.78 is 3.00. The van der Waals surface area contributed by atoms with E-state index in [-0.39, 0.29) is 0 Å². The van der Waals surface area contributed by atoms with E-state index < -0.39 is 0 Å². The normalized spacial score (nSPS) is 15.7. The Morgan fingerprint density at radius 2 is 2.24 bits per heavy atom. The molecule has 0 unspecified atom stereocenters. The summed E-state index contributed by atoms with van der Waals surface area (Å²) in [5.41, 5.74) is 3.98. The van der Waals surface area contributed by atoms with Crippen LogP contribution in [0, 0.1) is 18.8 Å². The van der Waals surface area contributed by atoms with Gasteiger partial charge in [-0.2, -0.15) is 5.10 Å². The SMILES string of the molecule is Cc1nc(Cn2ncc3cc(Nc4ncnc5cc(C#C[C@H]6CCCN6)sc45)ccc32)cs1. The van der Waals surface area contributed by atoms with Gasteiger partial charge in [0.1, 0.15) is 6.33 Å². The summed E-state index contributed by atoms with van der Waals surface area (Å²) >= 11 is 3.29. The molecule has 33 heavy (non-hydrogen) atoms. The molecule has 0 radical (unpaired) electrons. The number of hydrogen-bond donors (Lipinski definition) is 2. The Balaban J connectivity index is 1.26. The van der Waals surface area contributed by atoms with Crippen molar-refractivity contribution in [3.05, 3.63) is 57.7 Å². The van der Waals surface area contributed by atoms with Crippen LogP contribution >= 0.6 is 22.7 Å². The molecule has 0 aliphatic carbocycles. The first-order chi connectivity index (χ1) is 16.2. The Labute approximate surface area is 198 Å². The van der Waals surface area contributed by atoms with Gasteiger partial charge >= 0.3 is 0 Å². The molecule has 4 aromatic heterocycles. The summed E-state index contributed by atoms with van der Waals surface area (Å²) in [5.74, 6) is 7.44. The molecule has 7 nitrogen and oxygen atoms in total. The van der Waals surface area contributed by atoms with Gasteiger partial charge in [-0.05, 0) is 50.6 Å². The van der Waals surface area contributed by atoms with Gasteiger partial charge in [0.15, 0.2) is 5.82 Å². The standard InChI is InChI=1S/C24H21N7S2/c1-15-29-19(13-32-15)12-31-22-7-5-18(9-16(22)11-28-31)30-24-23-21(26-14-27-24)10-20(33-23)6-4-17-3-2-8-25-17/h5,7,9-11,13-14,17,25H,2-3,8,12H2,1H3,(H,26,27,30)/t17-/m1/s1. The van der Waals surface area contributed by atoms with Crippen LogP contribution in [0.1, 0.15) is 28.4 Å². The molecule has 164 valence electrons. The number of aryl methyl sites for hydroxylation is 1. The largest absolute Gasteiger partial charge is 0.339 e. The molecule has 6 rings (SSSR count). The smallest absolute Gasteiger partial charge is 0.151 e. The molecule has 5 aromatic rings. The Hall–Kier alpha value is -3.32. The third-order valence-corrected chi connectivity index (χ3v) is 7.49. The molecule has 9 heteroatoms. The van der Waals surface area contributed by atoms with Crippen LogP contribution in [-0.2, 0) is 6.54 Å². The second-order valence-electron chi connectivity index (χ2n) is 8.02. The maximum absolute atomic E-state index is 4.56. The zero-order valence-electron chi connectivity index (χ0n) is 18.0. The number of benzene rings is 1. The Morgan fingerprint density at radius 3 is 3.09 bits per heavy atom. The molecule has 1 fully saturated rings. The number of fused-ring (bicyclic) bond motifs is 2. The van der Waals surface area contributed by atoms with Gasteiger partial charge in [-0.15, -0.1) is 22.7 Å². The van der Waals surface area contributed by atoms with Crippen LogP contribution in [0.25, 0.3) is 21.1 Å². The molecule has 1 aliphatic rings. The van der Waals surface area contributed by atoms with Crippen molar-refractivity contribution in [3.63, 3.8) is 0 Å². The third-order valence-electron chi connectivity index (χ3n) is 5.62. The predicted molar refractivity (Wildman–Crippen MR) is 134 cm³/mol. The molecule has 1 aliphatic heterocycles. The second-order valence-corrected chi connectivity index (χ2v) is 10.1. The first-order valence-corrected chi connectivity index (χ1v) is 12.5. The Kier molecular flexibility index (Phi) is 5.26. The minimum absolute atomic E-state index is 0.297. The number of rotatable bonds is 4. The molecule has 0 spiro atoms. The number of nitrogens with zero attached hydrogens (tertiary/aromatic N) is 5. The van der Waals surface area contributed by atoms with Gasteiger partial charge in [0, 0.05) is 16.5 Å². The molecular formula is C24H21N7S2. The highest BCUT2D eigenvalue weighted by molar-refractivity contribution is 7.20. The van der Waals surface area contributed by atoms with E-state index in [1.807, 2.05) is 23.9 Å². The number of anilines is 2. The van der Waals surface area contributed by atoms with E-state index in [0.29, 0.717) is 12.6 Å².